The Bertz CT molecular complexity index is 512. The quantitative estimate of drug-likeness (QED) is 0.532. The van der Waals surface area contributed by atoms with Gasteiger partial charge in [-0.15, -0.1) is 0 Å². The van der Waals surface area contributed by atoms with Gasteiger partial charge < -0.3 is 4.74 Å². The van der Waals surface area contributed by atoms with Crippen molar-refractivity contribution in [3.8, 4) is 11.8 Å². The summed E-state index contributed by atoms with van der Waals surface area (Å²) >= 11 is 0. The first kappa shape index (κ1) is 12.8. The minimum absolute atomic E-state index is 0.0113. The van der Waals surface area contributed by atoms with Gasteiger partial charge in [-0.3, -0.25) is 0 Å². The van der Waals surface area contributed by atoms with Crippen molar-refractivity contribution >= 4 is 0 Å². The summed E-state index contributed by atoms with van der Waals surface area (Å²) in [6.07, 6.45) is 6.86. The normalized spacial score (nSPS) is 25.5. The fourth-order valence-corrected chi connectivity index (χ4v) is 2.97. The second kappa shape index (κ2) is 5.02. The van der Waals surface area contributed by atoms with Gasteiger partial charge in [0, 0.05) is 11.5 Å². The molecular formula is C18H22O. The molecule has 1 saturated carbocycles. The maximum atomic E-state index is 5.76. The predicted octanol–water partition coefficient (Wildman–Crippen LogP) is 4.47. The average Bonchev–Trinajstić information content (AvgIpc) is 3.07. The number of epoxide rings is 1. The molecule has 1 aliphatic heterocycles. The highest BCUT2D eigenvalue weighted by Gasteiger charge is 2.49. The number of ether oxygens (including phenoxy) is 1. The molecule has 0 N–H and O–H groups in total. The van der Waals surface area contributed by atoms with Crippen LogP contribution in [0.4, 0.5) is 0 Å². The van der Waals surface area contributed by atoms with Gasteiger partial charge in [0.15, 0.2) is 0 Å². The molecule has 1 saturated heterocycles. The third-order valence-electron chi connectivity index (χ3n) is 4.26. The van der Waals surface area contributed by atoms with E-state index >= 15 is 0 Å². The van der Waals surface area contributed by atoms with Crippen LogP contribution in [0.5, 0.6) is 0 Å². The molecule has 1 aromatic rings. The fourth-order valence-electron chi connectivity index (χ4n) is 2.97. The molecule has 1 nitrogen and oxygen atoms in total. The molecular weight excluding hydrogens is 232 g/mol. The standard InChI is InChI=1S/C18H22O/c1-18(2)17(19-18)16-11-7-6-10-15(16)13-12-14-8-4-3-5-9-14/h6-7,10-11,14,17H,3-5,8-9H2,1-2H3. The van der Waals surface area contributed by atoms with Crippen LogP contribution in [0.15, 0.2) is 24.3 Å². The first-order chi connectivity index (χ1) is 9.17. The maximum absolute atomic E-state index is 5.76. The lowest BCUT2D eigenvalue weighted by Gasteiger charge is -2.15. The summed E-state index contributed by atoms with van der Waals surface area (Å²) in [6.45, 7) is 4.28. The first-order valence-electron chi connectivity index (χ1n) is 7.45. The summed E-state index contributed by atoms with van der Waals surface area (Å²) in [5.74, 6) is 7.50. The third-order valence-corrected chi connectivity index (χ3v) is 4.26. The molecule has 0 spiro atoms. The Hall–Kier alpha value is -1.26. The van der Waals surface area contributed by atoms with E-state index in [0.29, 0.717) is 5.92 Å². The van der Waals surface area contributed by atoms with Crippen LogP contribution >= 0.6 is 0 Å². The topological polar surface area (TPSA) is 12.5 Å². The minimum atomic E-state index is -0.0113. The van der Waals surface area contributed by atoms with E-state index in [2.05, 4.69) is 50.0 Å². The van der Waals surface area contributed by atoms with Crippen molar-refractivity contribution in [2.75, 3.05) is 0 Å². The van der Waals surface area contributed by atoms with Crippen LogP contribution in [0, 0.1) is 17.8 Å². The summed E-state index contributed by atoms with van der Waals surface area (Å²) in [5.41, 5.74) is 2.40. The Kier molecular flexibility index (Phi) is 3.37. The molecule has 100 valence electrons. The highest BCUT2D eigenvalue weighted by molar-refractivity contribution is 5.45. The molecule has 0 radical (unpaired) electrons. The van der Waals surface area contributed by atoms with E-state index in [9.17, 15) is 0 Å². The summed E-state index contributed by atoms with van der Waals surface area (Å²) in [6, 6.07) is 8.44. The molecule has 2 fully saturated rings. The molecule has 1 heteroatoms. The third kappa shape index (κ3) is 2.85. The average molecular weight is 254 g/mol. The van der Waals surface area contributed by atoms with E-state index in [4.69, 9.17) is 4.74 Å². The van der Waals surface area contributed by atoms with E-state index in [1.165, 1.54) is 37.7 Å². The minimum Gasteiger partial charge on any atom is -0.362 e. The molecule has 0 bridgehead atoms. The highest BCUT2D eigenvalue weighted by atomic mass is 16.6. The van der Waals surface area contributed by atoms with Crippen LogP contribution in [0.3, 0.4) is 0 Å². The van der Waals surface area contributed by atoms with Crippen LogP contribution in [-0.2, 0) is 4.74 Å². The first-order valence-corrected chi connectivity index (χ1v) is 7.45. The maximum Gasteiger partial charge on any atom is 0.113 e. The smallest absolute Gasteiger partial charge is 0.113 e. The van der Waals surface area contributed by atoms with Crippen LogP contribution in [-0.4, -0.2) is 5.60 Å². The Labute approximate surface area is 116 Å². The molecule has 1 atom stereocenters. The van der Waals surface area contributed by atoms with Gasteiger partial charge in [0.05, 0.1) is 5.60 Å². The van der Waals surface area contributed by atoms with Crippen molar-refractivity contribution in [1.82, 2.24) is 0 Å². The Morgan fingerprint density at radius 2 is 1.79 bits per heavy atom. The second-order valence-corrected chi connectivity index (χ2v) is 6.29. The lowest BCUT2D eigenvalue weighted by atomic mass is 9.89. The van der Waals surface area contributed by atoms with E-state index < -0.39 is 0 Å². The Morgan fingerprint density at radius 3 is 2.47 bits per heavy atom. The summed E-state index contributed by atoms with van der Waals surface area (Å²) in [4.78, 5) is 0. The van der Waals surface area contributed by atoms with Crippen LogP contribution in [0.1, 0.15) is 63.2 Å². The van der Waals surface area contributed by atoms with Gasteiger partial charge in [0.25, 0.3) is 0 Å². The van der Waals surface area contributed by atoms with Crippen molar-refractivity contribution in [3.63, 3.8) is 0 Å². The van der Waals surface area contributed by atoms with Crippen molar-refractivity contribution < 1.29 is 4.74 Å². The van der Waals surface area contributed by atoms with E-state index in [0.717, 1.165) is 5.56 Å². The zero-order valence-corrected chi connectivity index (χ0v) is 11.9. The monoisotopic (exact) mass is 254 g/mol. The van der Waals surface area contributed by atoms with Gasteiger partial charge in [0.1, 0.15) is 6.10 Å². The molecule has 1 aromatic carbocycles. The molecule has 1 unspecified atom stereocenters. The van der Waals surface area contributed by atoms with Crippen molar-refractivity contribution in [2.45, 2.75) is 57.7 Å². The van der Waals surface area contributed by atoms with Crippen molar-refractivity contribution in [2.24, 2.45) is 5.92 Å². The summed E-state index contributed by atoms with van der Waals surface area (Å²) < 4.78 is 5.76. The second-order valence-electron chi connectivity index (χ2n) is 6.29. The van der Waals surface area contributed by atoms with Gasteiger partial charge in [-0.25, -0.2) is 0 Å². The summed E-state index contributed by atoms with van der Waals surface area (Å²) in [5, 5.41) is 0. The Balaban J connectivity index is 1.79. The van der Waals surface area contributed by atoms with Gasteiger partial charge in [-0.05, 0) is 38.3 Å². The van der Waals surface area contributed by atoms with Gasteiger partial charge in [0.2, 0.25) is 0 Å². The highest BCUT2D eigenvalue weighted by Crippen LogP contribution is 2.49. The van der Waals surface area contributed by atoms with Crippen LogP contribution < -0.4 is 0 Å². The van der Waals surface area contributed by atoms with Crippen LogP contribution in [0.2, 0.25) is 0 Å². The molecule has 1 aliphatic carbocycles. The molecule has 19 heavy (non-hydrogen) atoms. The van der Waals surface area contributed by atoms with E-state index in [1.807, 2.05) is 0 Å². The number of benzene rings is 1. The van der Waals surface area contributed by atoms with Gasteiger partial charge >= 0.3 is 0 Å². The van der Waals surface area contributed by atoms with Gasteiger partial charge in [-0.2, -0.15) is 0 Å². The van der Waals surface area contributed by atoms with Crippen molar-refractivity contribution in [1.29, 1.82) is 0 Å². The van der Waals surface area contributed by atoms with E-state index in [1.54, 1.807) is 0 Å². The predicted molar refractivity (Wildman–Crippen MR) is 77.8 cm³/mol. The number of rotatable bonds is 1. The van der Waals surface area contributed by atoms with Crippen molar-refractivity contribution in [3.05, 3.63) is 35.4 Å². The summed E-state index contributed by atoms with van der Waals surface area (Å²) in [7, 11) is 0. The fraction of sp³-hybridized carbons (Fsp3) is 0.556. The zero-order chi connectivity index (χ0) is 13.3. The lowest BCUT2D eigenvalue weighted by molar-refractivity contribution is 0.325. The lowest BCUT2D eigenvalue weighted by Crippen LogP contribution is -2.03. The number of hydrogen-bond acceptors (Lipinski definition) is 1. The molecule has 3 rings (SSSR count). The molecule has 1 heterocycles. The van der Waals surface area contributed by atoms with E-state index in [-0.39, 0.29) is 11.7 Å². The molecule has 0 aromatic heterocycles. The van der Waals surface area contributed by atoms with Gasteiger partial charge in [-0.1, -0.05) is 49.3 Å². The SMILES string of the molecule is CC1(C)OC1c1ccccc1C#CC1CCCCC1. The zero-order valence-electron chi connectivity index (χ0n) is 11.9. The van der Waals surface area contributed by atoms with Crippen LogP contribution in [0.25, 0.3) is 0 Å². The Morgan fingerprint density at radius 1 is 1.11 bits per heavy atom. The molecule has 0 amide bonds. The number of hydrogen-bond donors (Lipinski definition) is 0. The largest absolute Gasteiger partial charge is 0.362 e. The molecule has 2 aliphatic rings.